The number of likely N-dealkylation sites (N-methyl/N-ethyl adjacent to an activating group) is 1. The molecule has 5 nitrogen and oxygen atoms in total. The molecular weight excluding hydrogens is 230 g/mol. The molecule has 0 aliphatic carbocycles. The number of rotatable bonds is 6. The third-order valence-corrected chi connectivity index (χ3v) is 3.97. The number of aliphatic hydroxyl groups is 1. The summed E-state index contributed by atoms with van der Waals surface area (Å²) in [6.07, 6.45) is 1.59. The molecule has 1 amide bonds. The first-order valence-electron chi connectivity index (χ1n) is 6.83. The normalized spacial score (nSPS) is 20.8. The molecule has 18 heavy (non-hydrogen) atoms. The molecule has 0 radical (unpaired) electrons. The molecule has 1 atom stereocenters. The second-order valence-electron chi connectivity index (χ2n) is 5.43. The van der Waals surface area contributed by atoms with Gasteiger partial charge in [-0.25, -0.2) is 0 Å². The molecule has 0 aromatic rings. The smallest absolute Gasteiger partial charge is 0.236 e. The lowest BCUT2D eigenvalue weighted by molar-refractivity contribution is -0.132. The minimum Gasteiger partial charge on any atom is -0.396 e. The van der Waals surface area contributed by atoms with Crippen molar-refractivity contribution in [2.45, 2.75) is 32.2 Å². The lowest BCUT2D eigenvalue weighted by atomic mass is 9.95. The average Bonchev–Trinajstić information content (AvgIpc) is 2.37. The number of nitrogens with zero attached hydrogens (tertiary/aromatic N) is 2. The van der Waals surface area contributed by atoms with Gasteiger partial charge in [0.25, 0.3) is 0 Å². The lowest BCUT2D eigenvalue weighted by Crippen LogP contribution is -2.52. The molecule has 1 unspecified atom stereocenters. The Morgan fingerprint density at radius 2 is 1.94 bits per heavy atom. The summed E-state index contributed by atoms with van der Waals surface area (Å²) in [5.74, 6) is 0.167. The number of amides is 1. The Balaban J connectivity index is 2.36. The van der Waals surface area contributed by atoms with Gasteiger partial charge in [-0.05, 0) is 26.8 Å². The van der Waals surface area contributed by atoms with E-state index in [-0.39, 0.29) is 18.1 Å². The standard InChI is InChI=1S/C13H27N3O2/c1-4-13(2,5-10-17)14-11-12(18)16-8-6-15(3)7-9-16/h14,17H,4-11H2,1-3H3. The molecule has 0 bridgehead atoms. The summed E-state index contributed by atoms with van der Waals surface area (Å²) >= 11 is 0. The van der Waals surface area contributed by atoms with Gasteiger partial charge in [-0.1, -0.05) is 6.92 Å². The highest BCUT2D eigenvalue weighted by Gasteiger charge is 2.24. The number of aliphatic hydroxyl groups excluding tert-OH is 1. The number of hydrogen-bond acceptors (Lipinski definition) is 4. The Hall–Kier alpha value is -0.650. The molecule has 1 rings (SSSR count). The van der Waals surface area contributed by atoms with E-state index in [2.05, 4.69) is 31.1 Å². The molecular formula is C13H27N3O2. The van der Waals surface area contributed by atoms with E-state index < -0.39 is 0 Å². The Labute approximate surface area is 110 Å². The van der Waals surface area contributed by atoms with E-state index in [9.17, 15) is 4.79 Å². The molecule has 1 fully saturated rings. The van der Waals surface area contributed by atoms with Gasteiger partial charge < -0.3 is 20.2 Å². The molecule has 0 aromatic carbocycles. The zero-order valence-electron chi connectivity index (χ0n) is 11.9. The molecule has 1 saturated heterocycles. The van der Waals surface area contributed by atoms with E-state index in [1.54, 1.807) is 0 Å². The predicted molar refractivity (Wildman–Crippen MR) is 72.5 cm³/mol. The highest BCUT2D eigenvalue weighted by Crippen LogP contribution is 2.13. The minimum absolute atomic E-state index is 0.142. The summed E-state index contributed by atoms with van der Waals surface area (Å²) in [5.41, 5.74) is -0.142. The SMILES string of the molecule is CCC(C)(CCO)NCC(=O)N1CCN(C)CC1. The fourth-order valence-corrected chi connectivity index (χ4v) is 2.09. The van der Waals surface area contributed by atoms with Crippen LogP contribution in [0.1, 0.15) is 26.7 Å². The van der Waals surface area contributed by atoms with Crippen molar-refractivity contribution in [2.75, 3.05) is 46.4 Å². The number of hydrogen-bond donors (Lipinski definition) is 2. The van der Waals surface area contributed by atoms with Crippen molar-refractivity contribution in [3.63, 3.8) is 0 Å². The maximum Gasteiger partial charge on any atom is 0.236 e. The van der Waals surface area contributed by atoms with Crippen molar-refractivity contribution in [1.29, 1.82) is 0 Å². The summed E-state index contributed by atoms with van der Waals surface area (Å²) in [6.45, 7) is 8.19. The Bertz CT molecular complexity index is 265. The van der Waals surface area contributed by atoms with Crippen LogP contribution in [0.5, 0.6) is 0 Å². The van der Waals surface area contributed by atoms with Gasteiger partial charge in [0.15, 0.2) is 0 Å². The van der Waals surface area contributed by atoms with Crippen LogP contribution in [-0.4, -0.2) is 72.7 Å². The van der Waals surface area contributed by atoms with Crippen LogP contribution in [-0.2, 0) is 4.79 Å². The molecule has 1 aliphatic rings. The number of carbonyl (C=O) groups excluding carboxylic acids is 1. The molecule has 5 heteroatoms. The fraction of sp³-hybridized carbons (Fsp3) is 0.923. The van der Waals surface area contributed by atoms with E-state index in [1.165, 1.54) is 0 Å². The highest BCUT2D eigenvalue weighted by molar-refractivity contribution is 5.78. The number of nitrogens with one attached hydrogen (secondary N) is 1. The fourth-order valence-electron chi connectivity index (χ4n) is 2.09. The Morgan fingerprint density at radius 3 is 2.44 bits per heavy atom. The van der Waals surface area contributed by atoms with Crippen molar-refractivity contribution >= 4 is 5.91 Å². The molecule has 106 valence electrons. The maximum absolute atomic E-state index is 12.1. The van der Waals surface area contributed by atoms with Crippen molar-refractivity contribution < 1.29 is 9.90 Å². The first-order chi connectivity index (χ1) is 8.50. The Morgan fingerprint density at radius 1 is 1.33 bits per heavy atom. The van der Waals surface area contributed by atoms with Crippen LogP contribution < -0.4 is 5.32 Å². The summed E-state index contributed by atoms with van der Waals surface area (Å²) in [7, 11) is 2.08. The van der Waals surface area contributed by atoms with Gasteiger partial charge in [-0.3, -0.25) is 4.79 Å². The van der Waals surface area contributed by atoms with Gasteiger partial charge in [-0.2, -0.15) is 0 Å². The van der Waals surface area contributed by atoms with Crippen LogP contribution in [0.2, 0.25) is 0 Å². The topological polar surface area (TPSA) is 55.8 Å². The second-order valence-corrected chi connectivity index (χ2v) is 5.43. The van der Waals surface area contributed by atoms with Crippen LogP contribution in [0, 0.1) is 0 Å². The van der Waals surface area contributed by atoms with Crippen LogP contribution >= 0.6 is 0 Å². The average molecular weight is 257 g/mol. The van der Waals surface area contributed by atoms with Crippen molar-refractivity contribution in [3.05, 3.63) is 0 Å². The third-order valence-electron chi connectivity index (χ3n) is 3.97. The van der Waals surface area contributed by atoms with Gasteiger partial charge in [-0.15, -0.1) is 0 Å². The van der Waals surface area contributed by atoms with Gasteiger partial charge in [0.1, 0.15) is 0 Å². The molecule has 2 N–H and O–H groups in total. The second kappa shape index (κ2) is 7.07. The maximum atomic E-state index is 12.1. The van der Waals surface area contributed by atoms with E-state index in [0.717, 1.165) is 32.6 Å². The van der Waals surface area contributed by atoms with Gasteiger partial charge in [0.2, 0.25) is 5.91 Å². The van der Waals surface area contributed by atoms with E-state index in [4.69, 9.17) is 5.11 Å². The summed E-state index contributed by atoms with van der Waals surface area (Å²) in [4.78, 5) is 16.2. The molecule has 1 heterocycles. The van der Waals surface area contributed by atoms with E-state index >= 15 is 0 Å². The van der Waals surface area contributed by atoms with Crippen molar-refractivity contribution in [2.24, 2.45) is 0 Å². The van der Waals surface area contributed by atoms with Crippen molar-refractivity contribution in [3.8, 4) is 0 Å². The third kappa shape index (κ3) is 4.55. The van der Waals surface area contributed by atoms with Gasteiger partial charge >= 0.3 is 0 Å². The first kappa shape index (κ1) is 15.4. The largest absolute Gasteiger partial charge is 0.396 e. The monoisotopic (exact) mass is 257 g/mol. The minimum atomic E-state index is -0.142. The zero-order valence-corrected chi connectivity index (χ0v) is 11.9. The first-order valence-corrected chi connectivity index (χ1v) is 6.83. The van der Waals surface area contributed by atoms with Gasteiger partial charge in [0, 0.05) is 38.3 Å². The number of piperazine rings is 1. The van der Waals surface area contributed by atoms with Crippen LogP contribution in [0.3, 0.4) is 0 Å². The summed E-state index contributed by atoms with van der Waals surface area (Å²) in [6, 6.07) is 0. The molecule has 0 saturated carbocycles. The summed E-state index contributed by atoms with van der Waals surface area (Å²) < 4.78 is 0. The van der Waals surface area contributed by atoms with E-state index in [0.29, 0.717) is 13.0 Å². The molecule has 0 spiro atoms. The molecule has 0 aromatic heterocycles. The van der Waals surface area contributed by atoms with Gasteiger partial charge in [0.05, 0.1) is 6.54 Å². The van der Waals surface area contributed by atoms with Crippen molar-refractivity contribution in [1.82, 2.24) is 15.1 Å². The zero-order chi connectivity index (χ0) is 13.6. The number of carbonyl (C=O) groups is 1. The highest BCUT2D eigenvalue weighted by atomic mass is 16.3. The van der Waals surface area contributed by atoms with Crippen LogP contribution in [0.4, 0.5) is 0 Å². The predicted octanol–water partition coefficient (Wildman–Crippen LogP) is -0.0989. The van der Waals surface area contributed by atoms with Crippen LogP contribution in [0.25, 0.3) is 0 Å². The Kier molecular flexibility index (Phi) is 6.05. The summed E-state index contributed by atoms with van der Waals surface area (Å²) in [5, 5.41) is 12.3. The molecule has 1 aliphatic heterocycles. The van der Waals surface area contributed by atoms with Crippen LogP contribution in [0.15, 0.2) is 0 Å². The van der Waals surface area contributed by atoms with E-state index in [1.807, 2.05) is 4.90 Å². The quantitative estimate of drug-likeness (QED) is 0.698. The lowest BCUT2D eigenvalue weighted by Gasteiger charge is -2.34.